The molecule has 0 fully saturated rings. The molecule has 1 aliphatic rings. The predicted octanol–water partition coefficient (Wildman–Crippen LogP) is 3.97. The normalized spacial score (nSPS) is 17.8. The number of rotatable bonds is 5. The van der Waals surface area contributed by atoms with Crippen molar-refractivity contribution in [2.75, 3.05) is 6.61 Å². The van der Waals surface area contributed by atoms with Crippen molar-refractivity contribution >= 4 is 34.6 Å². The maximum absolute atomic E-state index is 12.2. The molecule has 24 heavy (non-hydrogen) atoms. The third-order valence-corrected chi connectivity index (χ3v) is 6.48. The number of ether oxygens (including phenoxy) is 1. The van der Waals surface area contributed by atoms with Crippen LogP contribution in [0.15, 0.2) is 23.6 Å². The van der Waals surface area contributed by atoms with Gasteiger partial charge in [0.05, 0.1) is 6.04 Å². The fourth-order valence-corrected chi connectivity index (χ4v) is 4.74. The molecule has 2 aromatic rings. The van der Waals surface area contributed by atoms with Gasteiger partial charge in [-0.1, -0.05) is 13.0 Å². The molecule has 0 bridgehead atoms. The van der Waals surface area contributed by atoms with E-state index in [-0.39, 0.29) is 18.6 Å². The number of carbonyl (C=O) groups is 2. The van der Waals surface area contributed by atoms with Crippen LogP contribution >= 0.6 is 22.7 Å². The van der Waals surface area contributed by atoms with Gasteiger partial charge in [-0.05, 0) is 55.2 Å². The van der Waals surface area contributed by atoms with Gasteiger partial charge in [-0.3, -0.25) is 4.79 Å². The van der Waals surface area contributed by atoms with Crippen molar-refractivity contribution in [1.82, 2.24) is 5.32 Å². The number of carbonyl (C=O) groups excluding carboxylic acids is 2. The van der Waals surface area contributed by atoms with E-state index in [1.807, 2.05) is 30.5 Å². The van der Waals surface area contributed by atoms with E-state index in [4.69, 9.17) is 4.74 Å². The Morgan fingerprint density at radius 1 is 1.46 bits per heavy atom. The van der Waals surface area contributed by atoms with E-state index in [9.17, 15) is 9.59 Å². The Bertz CT molecular complexity index is 721. The van der Waals surface area contributed by atoms with Crippen LogP contribution in [0.1, 0.15) is 51.3 Å². The predicted molar refractivity (Wildman–Crippen MR) is 96.7 cm³/mol. The van der Waals surface area contributed by atoms with Crippen molar-refractivity contribution in [3.05, 3.63) is 43.8 Å². The Labute approximate surface area is 149 Å². The van der Waals surface area contributed by atoms with Crippen LogP contribution in [-0.2, 0) is 22.4 Å². The van der Waals surface area contributed by atoms with Gasteiger partial charge in [-0.2, -0.15) is 0 Å². The van der Waals surface area contributed by atoms with E-state index < -0.39 is 5.97 Å². The Morgan fingerprint density at radius 2 is 2.29 bits per heavy atom. The largest absolute Gasteiger partial charge is 0.451 e. The van der Waals surface area contributed by atoms with Gasteiger partial charge in [0, 0.05) is 9.75 Å². The molecule has 2 atom stereocenters. The maximum Gasteiger partial charge on any atom is 0.348 e. The first-order chi connectivity index (χ1) is 11.5. The average Bonchev–Trinajstić information content (AvgIpc) is 3.21. The monoisotopic (exact) mass is 363 g/mol. The molecule has 0 aliphatic heterocycles. The number of amides is 1. The average molecular weight is 364 g/mol. The third kappa shape index (κ3) is 4.05. The van der Waals surface area contributed by atoms with E-state index >= 15 is 0 Å². The van der Waals surface area contributed by atoms with Crippen LogP contribution in [0, 0.1) is 5.92 Å². The summed E-state index contributed by atoms with van der Waals surface area (Å²) in [5.74, 6) is -0.0133. The van der Waals surface area contributed by atoms with Gasteiger partial charge >= 0.3 is 5.97 Å². The van der Waals surface area contributed by atoms with Gasteiger partial charge in [0.25, 0.3) is 5.91 Å². The minimum absolute atomic E-state index is 0.0771. The van der Waals surface area contributed by atoms with Crippen molar-refractivity contribution in [1.29, 1.82) is 0 Å². The standard InChI is InChI=1S/C18H21NO3S2/c1-11-5-6-15-13(8-11)9-16(24-15)18(21)22-10-17(20)19-12(2)14-4-3-7-23-14/h3-4,7,9,11-12H,5-6,8,10H2,1-2H3,(H,19,20)/t11-,12+/m0/s1. The number of fused-ring (bicyclic) bond motifs is 1. The second kappa shape index (κ2) is 7.49. The minimum atomic E-state index is -0.402. The fourth-order valence-electron chi connectivity index (χ4n) is 2.90. The van der Waals surface area contributed by atoms with Crippen molar-refractivity contribution in [3.8, 4) is 0 Å². The lowest BCUT2D eigenvalue weighted by Crippen LogP contribution is -2.30. The molecule has 3 rings (SSSR count). The zero-order chi connectivity index (χ0) is 17.1. The molecule has 0 saturated heterocycles. The first-order valence-corrected chi connectivity index (χ1v) is 9.84. The number of nitrogens with one attached hydrogen (secondary N) is 1. The lowest BCUT2D eigenvalue weighted by atomic mass is 9.90. The van der Waals surface area contributed by atoms with E-state index in [1.165, 1.54) is 28.2 Å². The molecule has 2 aromatic heterocycles. The van der Waals surface area contributed by atoms with Crippen molar-refractivity contribution < 1.29 is 14.3 Å². The van der Waals surface area contributed by atoms with Crippen molar-refractivity contribution in [2.24, 2.45) is 5.92 Å². The quantitative estimate of drug-likeness (QED) is 0.818. The highest BCUT2D eigenvalue weighted by Gasteiger charge is 2.22. The first kappa shape index (κ1) is 17.2. The number of thiophene rings is 2. The van der Waals surface area contributed by atoms with Gasteiger partial charge < -0.3 is 10.1 Å². The highest BCUT2D eigenvalue weighted by molar-refractivity contribution is 7.14. The van der Waals surface area contributed by atoms with Crippen LogP contribution in [0.25, 0.3) is 0 Å². The van der Waals surface area contributed by atoms with E-state index in [0.717, 1.165) is 17.7 Å². The molecule has 0 spiro atoms. The second-order valence-electron chi connectivity index (χ2n) is 6.29. The van der Waals surface area contributed by atoms with Crippen LogP contribution in [-0.4, -0.2) is 18.5 Å². The molecule has 128 valence electrons. The summed E-state index contributed by atoms with van der Waals surface area (Å²) < 4.78 is 5.18. The van der Waals surface area contributed by atoms with Crippen LogP contribution in [0.4, 0.5) is 0 Å². The van der Waals surface area contributed by atoms with Crippen LogP contribution < -0.4 is 5.32 Å². The van der Waals surface area contributed by atoms with Crippen LogP contribution in [0.2, 0.25) is 0 Å². The lowest BCUT2D eigenvalue weighted by molar-refractivity contribution is -0.124. The molecular weight excluding hydrogens is 342 g/mol. The number of esters is 1. The van der Waals surface area contributed by atoms with Gasteiger partial charge in [0.15, 0.2) is 6.61 Å². The molecule has 2 heterocycles. The summed E-state index contributed by atoms with van der Waals surface area (Å²) in [6, 6.07) is 5.78. The number of hydrogen-bond acceptors (Lipinski definition) is 5. The zero-order valence-electron chi connectivity index (χ0n) is 13.8. The molecule has 0 aromatic carbocycles. The zero-order valence-corrected chi connectivity index (χ0v) is 15.5. The van der Waals surface area contributed by atoms with Gasteiger partial charge in [0.2, 0.25) is 0 Å². The summed E-state index contributed by atoms with van der Waals surface area (Å²) in [5.41, 5.74) is 1.27. The molecule has 1 aliphatic carbocycles. The van der Waals surface area contributed by atoms with Gasteiger partial charge in [-0.15, -0.1) is 22.7 Å². The highest BCUT2D eigenvalue weighted by atomic mass is 32.1. The molecule has 0 radical (unpaired) electrons. The molecule has 1 amide bonds. The molecule has 0 saturated carbocycles. The Hall–Kier alpha value is -1.66. The summed E-state index contributed by atoms with van der Waals surface area (Å²) in [6.07, 6.45) is 3.23. The van der Waals surface area contributed by atoms with Crippen LogP contribution in [0.3, 0.4) is 0 Å². The summed E-state index contributed by atoms with van der Waals surface area (Å²) in [5, 5.41) is 4.81. The number of hydrogen-bond donors (Lipinski definition) is 1. The SMILES string of the molecule is C[C@H]1CCc2sc(C(=O)OCC(=O)N[C@H](C)c3cccs3)cc2C1. The fraction of sp³-hybridized carbons (Fsp3) is 0.444. The summed E-state index contributed by atoms with van der Waals surface area (Å²) >= 11 is 3.09. The van der Waals surface area contributed by atoms with E-state index in [1.54, 1.807) is 11.3 Å². The summed E-state index contributed by atoms with van der Waals surface area (Å²) in [7, 11) is 0. The Balaban J connectivity index is 1.51. The highest BCUT2D eigenvalue weighted by Crippen LogP contribution is 2.32. The lowest BCUT2D eigenvalue weighted by Gasteiger charge is -2.16. The Kier molecular flexibility index (Phi) is 5.36. The second-order valence-corrected chi connectivity index (χ2v) is 8.40. The number of aryl methyl sites for hydroxylation is 1. The smallest absolute Gasteiger partial charge is 0.348 e. The third-order valence-electron chi connectivity index (χ3n) is 4.21. The van der Waals surface area contributed by atoms with Crippen LogP contribution in [0.5, 0.6) is 0 Å². The molecule has 4 nitrogen and oxygen atoms in total. The molecule has 1 N–H and O–H groups in total. The Morgan fingerprint density at radius 3 is 3.04 bits per heavy atom. The maximum atomic E-state index is 12.2. The first-order valence-electron chi connectivity index (χ1n) is 8.14. The van der Waals surface area contributed by atoms with Crippen molar-refractivity contribution in [2.45, 2.75) is 39.2 Å². The van der Waals surface area contributed by atoms with E-state index in [0.29, 0.717) is 10.8 Å². The molecule has 0 unspecified atom stereocenters. The summed E-state index contributed by atoms with van der Waals surface area (Å²) in [4.78, 5) is 27.1. The minimum Gasteiger partial charge on any atom is -0.451 e. The molecule has 6 heteroatoms. The van der Waals surface area contributed by atoms with Gasteiger partial charge in [0.1, 0.15) is 4.88 Å². The van der Waals surface area contributed by atoms with Crippen molar-refractivity contribution in [3.63, 3.8) is 0 Å². The molecular formula is C18H21NO3S2. The topological polar surface area (TPSA) is 55.4 Å². The van der Waals surface area contributed by atoms with E-state index in [2.05, 4.69) is 12.2 Å². The van der Waals surface area contributed by atoms with Gasteiger partial charge in [-0.25, -0.2) is 4.79 Å². The summed E-state index contributed by atoms with van der Waals surface area (Å²) in [6.45, 7) is 3.91.